The maximum atomic E-state index is 13.2. The van der Waals surface area contributed by atoms with Gasteiger partial charge in [0.2, 0.25) is 5.91 Å². The van der Waals surface area contributed by atoms with E-state index in [0.717, 1.165) is 10.1 Å². The van der Waals surface area contributed by atoms with Gasteiger partial charge in [-0.05, 0) is 50.8 Å². The number of hydrogen-bond donors (Lipinski definition) is 1. The molecular weight excluding hydrogens is 387 g/mol. The van der Waals surface area contributed by atoms with E-state index < -0.39 is 5.69 Å². The first-order chi connectivity index (χ1) is 14.3. The molecule has 0 fully saturated rings. The topological polar surface area (TPSA) is 76.3 Å². The minimum Gasteiger partial charge on any atom is -0.353 e. The van der Waals surface area contributed by atoms with Gasteiger partial charge in [0.05, 0.1) is 16.9 Å². The van der Waals surface area contributed by atoms with Crippen molar-refractivity contribution >= 4 is 16.8 Å². The van der Waals surface area contributed by atoms with Gasteiger partial charge in [-0.25, -0.2) is 9.18 Å². The molecule has 0 radical (unpaired) electrons. The Hall–Kier alpha value is -3.26. The van der Waals surface area contributed by atoms with Crippen molar-refractivity contribution in [3.8, 4) is 0 Å². The molecule has 1 amide bonds. The number of rotatable bonds is 7. The van der Waals surface area contributed by atoms with Crippen LogP contribution in [0.4, 0.5) is 4.39 Å². The Kier molecular flexibility index (Phi) is 6.47. The van der Waals surface area contributed by atoms with Crippen LogP contribution in [-0.4, -0.2) is 40.6 Å². The predicted molar refractivity (Wildman–Crippen MR) is 114 cm³/mol. The van der Waals surface area contributed by atoms with Crippen molar-refractivity contribution in [1.82, 2.24) is 19.4 Å². The molecule has 158 valence electrons. The summed E-state index contributed by atoms with van der Waals surface area (Å²) in [7, 11) is 3.74. The van der Waals surface area contributed by atoms with E-state index in [1.165, 1.54) is 16.7 Å². The molecule has 2 aromatic carbocycles. The number of fused-ring (bicyclic) bond motifs is 1. The monoisotopic (exact) mass is 412 g/mol. The van der Waals surface area contributed by atoms with E-state index in [9.17, 15) is 18.8 Å². The van der Waals surface area contributed by atoms with E-state index in [0.29, 0.717) is 10.9 Å². The van der Waals surface area contributed by atoms with Crippen LogP contribution in [0.3, 0.4) is 0 Å². The lowest BCUT2D eigenvalue weighted by Crippen LogP contribution is -2.43. The fourth-order valence-corrected chi connectivity index (χ4v) is 3.50. The molecule has 1 N–H and O–H groups in total. The molecule has 1 unspecified atom stereocenters. The summed E-state index contributed by atoms with van der Waals surface area (Å²) in [6, 6.07) is 12.7. The number of benzene rings is 2. The van der Waals surface area contributed by atoms with Gasteiger partial charge in [-0.1, -0.05) is 24.3 Å². The Labute approximate surface area is 173 Å². The first-order valence-corrected chi connectivity index (χ1v) is 9.74. The van der Waals surface area contributed by atoms with Gasteiger partial charge < -0.3 is 10.2 Å². The lowest BCUT2D eigenvalue weighted by Gasteiger charge is -2.25. The molecule has 30 heavy (non-hydrogen) atoms. The van der Waals surface area contributed by atoms with Crippen molar-refractivity contribution in [2.45, 2.75) is 26.1 Å². The molecule has 0 aliphatic rings. The molecule has 7 nitrogen and oxygen atoms in total. The molecule has 1 aromatic heterocycles. The summed E-state index contributed by atoms with van der Waals surface area (Å²) in [4.78, 5) is 39.9. The average Bonchev–Trinajstić information content (AvgIpc) is 2.73. The molecule has 1 atom stereocenters. The van der Waals surface area contributed by atoms with Gasteiger partial charge in [-0.2, -0.15) is 0 Å². The molecule has 3 rings (SSSR count). The van der Waals surface area contributed by atoms with Gasteiger partial charge in [0, 0.05) is 13.1 Å². The highest BCUT2D eigenvalue weighted by Gasteiger charge is 2.18. The Morgan fingerprint density at radius 2 is 1.73 bits per heavy atom. The van der Waals surface area contributed by atoms with Crippen LogP contribution in [0, 0.1) is 5.82 Å². The average molecular weight is 412 g/mol. The third-order valence-corrected chi connectivity index (χ3v) is 5.12. The third kappa shape index (κ3) is 4.33. The van der Waals surface area contributed by atoms with E-state index in [-0.39, 0.29) is 43.0 Å². The minimum atomic E-state index is -0.515. The largest absolute Gasteiger partial charge is 0.353 e. The third-order valence-electron chi connectivity index (χ3n) is 5.12. The van der Waals surface area contributed by atoms with Crippen LogP contribution in [0.1, 0.15) is 18.5 Å². The lowest BCUT2D eigenvalue weighted by molar-refractivity contribution is -0.121. The Morgan fingerprint density at radius 3 is 2.37 bits per heavy atom. The van der Waals surface area contributed by atoms with Crippen LogP contribution in [0.2, 0.25) is 0 Å². The summed E-state index contributed by atoms with van der Waals surface area (Å²) in [6.07, 6.45) is 0. The molecule has 0 bridgehead atoms. The van der Waals surface area contributed by atoms with Gasteiger partial charge in [0.25, 0.3) is 5.56 Å². The number of likely N-dealkylation sites (N-methyl/N-ethyl adjacent to an activating group) is 1. The molecule has 0 saturated heterocycles. The number of para-hydroxylation sites is 1. The molecule has 0 aliphatic carbocycles. The number of amides is 1. The zero-order chi connectivity index (χ0) is 21.8. The standard InChI is InChI=1S/C22H25FN4O3/c1-4-26-21(29)17-7-5-6-8-18(17)27(22(26)30)14-20(28)24-13-19(25(2)3)15-9-11-16(23)12-10-15/h5-12,19H,4,13-14H2,1-3H3,(H,24,28). The van der Waals surface area contributed by atoms with Crippen LogP contribution in [0.15, 0.2) is 58.1 Å². The maximum Gasteiger partial charge on any atom is 0.331 e. The highest BCUT2D eigenvalue weighted by atomic mass is 19.1. The van der Waals surface area contributed by atoms with E-state index in [4.69, 9.17) is 0 Å². The lowest BCUT2D eigenvalue weighted by atomic mass is 10.1. The SMILES string of the molecule is CCn1c(=O)c2ccccc2n(CC(=O)NCC(c2ccc(F)cc2)N(C)C)c1=O. The zero-order valence-corrected chi connectivity index (χ0v) is 17.3. The smallest absolute Gasteiger partial charge is 0.331 e. The first kappa shape index (κ1) is 21.4. The van der Waals surface area contributed by atoms with Crippen LogP contribution < -0.4 is 16.6 Å². The minimum absolute atomic E-state index is 0.160. The fraction of sp³-hybridized carbons (Fsp3) is 0.318. The summed E-state index contributed by atoms with van der Waals surface area (Å²) >= 11 is 0. The Balaban J connectivity index is 1.84. The van der Waals surface area contributed by atoms with E-state index >= 15 is 0 Å². The normalized spacial score (nSPS) is 12.3. The van der Waals surface area contributed by atoms with Crippen molar-refractivity contribution in [2.24, 2.45) is 0 Å². The Bertz CT molecular complexity index is 1170. The van der Waals surface area contributed by atoms with Gasteiger partial charge in [-0.3, -0.25) is 18.7 Å². The molecular formula is C22H25FN4O3. The van der Waals surface area contributed by atoms with Crippen LogP contribution in [-0.2, 0) is 17.9 Å². The summed E-state index contributed by atoms with van der Waals surface area (Å²) < 4.78 is 15.7. The van der Waals surface area contributed by atoms with Crippen LogP contribution in [0.5, 0.6) is 0 Å². The summed E-state index contributed by atoms with van der Waals surface area (Å²) in [5, 5.41) is 3.24. The molecule has 8 heteroatoms. The quantitative estimate of drug-likeness (QED) is 0.641. The zero-order valence-electron chi connectivity index (χ0n) is 17.3. The number of aromatic nitrogens is 2. The van der Waals surface area contributed by atoms with Crippen molar-refractivity contribution in [2.75, 3.05) is 20.6 Å². The molecule has 0 spiro atoms. The highest BCUT2D eigenvalue weighted by molar-refractivity contribution is 5.81. The predicted octanol–water partition coefficient (Wildman–Crippen LogP) is 1.74. The summed E-state index contributed by atoms with van der Waals surface area (Å²) in [5.74, 6) is -0.671. The van der Waals surface area contributed by atoms with Gasteiger partial charge in [0.15, 0.2) is 0 Å². The second kappa shape index (κ2) is 9.04. The van der Waals surface area contributed by atoms with Crippen LogP contribution in [0.25, 0.3) is 10.9 Å². The maximum absolute atomic E-state index is 13.2. The van der Waals surface area contributed by atoms with E-state index in [2.05, 4.69) is 5.32 Å². The molecule has 0 aliphatic heterocycles. The second-order valence-corrected chi connectivity index (χ2v) is 7.27. The van der Waals surface area contributed by atoms with Crippen molar-refractivity contribution in [1.29, 1.82) is 0 Å². The fourth-order valence-electron chi connectivity index (χ4n) is 3.50. The molecule has 0 saturated carbocycles. The second-order valence-electron chi connectivity index (χ2n) is 7.27. The van der Waals surface area contributed by atoms with Crippen LogP contribution >= 0.6 is 0 Å². The van der Waals surface area contributed by atoms with Gasteiger partial charge in [-0.15, -0.1) is 0 Å². The van der Waals surface area contributed by atoms with Gasteiger partial charge in [0.1, 0.15) is 12.4 Å². The number of hydrogen-bond acceptors (Lipinski definition) is 4. The first-order valence-electron chi connectivity index (χ1n) is 9.74. The molecule has 3 aromatic rings. The number of halogens is 1. The Morgan fingerprint density at radius 1 is 1.07 bits per heavy atom. The molecule has 1 heterocycles. The number of carbonyl (C=O) groups is 1. The van der Waals surface area contributed by atoms with E-state index in [1.54, 1.807) is 43.3 Å². The number of nitrogens with zero attached hydrogens (tertiary/aromatic N) is 3. The van der Waals surface area contributed by atoms with E-state index in [1.807, 2.05) is 19.0 Å². The number of nitrogens with one attached hydrogen (secondary N) is 1. The highest BCUT2D eigenvalue weighted by Crippen LogP contribution is 2.17. The van der Waals surface area contributed by atoms with Crippen molar-refractivity contribution in [3.63, 3.8) is 0 Å². The summed E-state index contributed by atoms with van der Waals surface area (Å²) in [5.41, 5.74) is 0.414. The van der Waals surface area contributed by atoms with Crippen molar-refractivity contribution < 1.29 is 9.18 Å². The van der Waals surface area contributed by atoms with Crippen molar-refractivity contribution in [3.05, 3.63) is 80.7 Å². The number of carbonyl (C=O) groups excluding carboxylic acids is 1. The summed E-state index contributed by atoms with van der Waals surface area (Å²) in [6.45, 7) is 2.02. The van der Waals surface area contributed by atoms with Gasteiger partial charge >= 0.3 is 5.69 Å².